The zero-order chi connectivity index (χ0) is 87.8. The molecule has 393 valence electrons. The van der Waals surface area contributed by atoms with Gasteiger partial charge in [0.2, 0.25) is 0 Å². The SMILES string of the molecule is Cc1cc(-c2ccc(-c3ccccc3Br)cc2)ncc1-c1ccc(F)cc1.[B][B]B([B])B(B([B])[B])B(B(B(B([B])[B])B([B])[B])B(B([B])[B])B([B])[B])B(B(B(B(B([B])[B])B([B])[B])B(B([B])[B])B([B])[B])B(B(B([B])[B])B([B])[B])B(B([B])[B])B([B])[B])B(B(B(B([B])[B])B([B])[B])B(B([B])[B])B([B])[B])B(B(B([B])[B])B([B])[B])B(B([B])[B])B([B])[B]. The summed E-state index contributed by atoms with van der Waals surface area (Å²) in [5, 5.41) is 0. The van der Waals surface area contributed by atoms with Crippen molar-refractivity contribution in [3.63, 3.8) is 0 Å². The van der Waals surface area contributed by atoms with Gasteiger partial charge in [-0.2, -0.15) is 0 Å². The molecule has 0 saturated heterocycles. The molecule has 0 fully saturated rings. The van der Waals surface area contributed by atoms with Gasteiger partial charge in [-0.3, -0.25) is 4.98 Å². The largest absolute Gasteiger partial charge is 0.256 e. The minimum Gasteiger partial charge on any atom is -0.256 e. The number of hydrogen-bond acceptors (Lipinski definition) is 1. The van der Waals surface area contributed by atoms with E-state index in [2.05, 4.69) is 64.2 Å². The van der Waals surface area contributed by atoms with Crippen molar-refractivity contribution in [1.29, 1.82) is 0 Å². The predicted molar refractivity (Wildman–Crippen MR) is 614 cm³/mol. The van der Waals surface area contributed by atoms with Crippen molar-refractivity contribution in [2.75, 3.05) is 0 Å². The Kier molecular flexibility index (Phi) is 50.4. The molecule has 1 nitrogen and oxygen atoms in total. The Morgan fingerprint density at radius 2 is 0.447 bits per heavy atom. The Bertz CT molecular complexity index is 2970. The minimum absolute atomic E-state index is 0.230. The molecule has 114 heavy (non-hydrogen) atoms. The van der Waals surface area contributed by atoms with E-state index in [1.165, 1.54) is 17.7 Å². The first-order chi connectivity index (χ1) is 52.7. The summed E-state index contributed by atoms with van der Waals surface area (Å²) >= 11 is 3.60. The number of halogens is 2. The molecule has 3 aromatic carbocycles. The minimum atomic E-state index is -2.05. The maximum Gasteiger partial charge on any atom is 0.123 e. The van der Waals surface area contributed by atoms with Gasteiger partial charge in [0.05, 0.1) is 5.69 Å². The lowest BCUT2D eigenvalue weighted by molar-refractivity contribution is 0.628. The van der Waals surface area contributed by atoms with Crippen LogP contribution in [-0.2, 0) is 0 Å². The highest BCUT2D eigenvalue weighted by atomic mass is 79.9. The van der Waals surface area contributed by atoms with Gasteiger partial charge in [-0.05, 0) is 53.4 Å². The fourth-order valence-corrected chi connectivity index (χ4v) is 19.2. The Morgan fingerprint density at radius 1 is 0.254 bits per heavy atom. The first-order valence-electron chi connectivity index (χ1n) is 37.4. The van der Waals surface area contributed by atoms with Crippen LogP contribution in [0.5, 0.6) is 0 Å². The highest BCUT2D eigenvalue weighted by Crippen LogP contribution is 2.33. The quantitative estimate of drug-likeness (QED) is 0.0402. The van der Waals surface area contributed by atoms with E-state index in [1.54, 1.807) is 12.1 Å². The number of pyridine rings is 1. The number of nitrogens with zero attached hydrogens (tertiary/aromatic N) is 1. The molecule has 0 aliphatic rings. The van der Waals surface area contributed by atoms with Crippen molar-refractivity contribution in [3.05, 3.63) is 101 Å². The van der Waals surface area contributed by atoms with Crippen molar-refractivity contribution < 1.29 is 4.39 Å². The summed E-state index contributed by atoms with van der Waals surface area (Å²) in [7, 11) is 307. The number of aromatic nitrogens is 1. The lowest BCUT2D eigenvalue weighted by atomic mass is 8.19. The fourth-order valence-electron chi connectivity index (χ4n) is 18.7. The number of rotatable bonds is 45. The summed E-state index contributed by atoms with van der Waals surface area (Å²) in [6, 6.07) is 25.2. The van der Waals surface area contributed by atoms with Crippen LogP contribution in [0.2, 0.25) is 0 Å². The van der Waals surface area contributed by atoms with Gasteiger partial charge in [-0.25, -0.2) is 4.39 Å². The first kappa shape index (κ1) is 111. The van der Waals surface area contributed by atoms with Crippen molar-refractivity contribution in [2.24, 2.45) is 0 Å². The summed E-state index contributed by atoms with van der Waals surface area (Å²) in [4.78, 5) is 4.63. The van der Waals surface area contributed by atoms with Crippen LogP contribution in [0.4, 0.5) is 4.39 Å². The summed E-state index contributed by atoms with van der Waals surface area (Å²) in [5.41, 5.74) is 7.42. The van der Waals surface area contributed by atoms with Gasteiger partial charge >= 0.3 is 0 Å². The topological polar surface area (TPSA) is 12.9 Å². The van der Waals surface area contributed by atoms with Crippen molar-refractivity contribution in [3.8, 4) is 33.5 Å². The smallest absolute Gasteiger partial charge is 0.123 e. The molecule has 0 saturated carbocycles. The van der Waals surface area contributed by atoms with E-state index < -0.39 is 268 Å². The molecular formula is C24H17B87BrFN. The van der Waals surface area contributed by atoms with Crippen LogP contribution in [0.1, 0.15) is 5.56 Å². The van der Waals surface area contributed by atoms with Crippen molar-refractivity contribution in [2.45, 2.75) is 6.92 Å². The van der Waals surface area contributed by atoms with Gasteiger partial charge in [0.25, 0.3) is 0 Å². The second-order valence-electron chi connectivity index (χ2n) is 30.9. The van der Waals surface area contributed by atoms with E-state index in [0.29, 0.717) is 0 Å². The fraction of sp³-hybridized carbons (Fsp3) is 0.0417. The number of aryl methyl sites for hydroxylation is 1. The Balaban J connectivity index is 0.00000102. The van der Waals surface area contributed by atoms with E-state index >= 15 is 0 Å². The molecule has 4 rings (SSSR count). The van der Waals surface area contributed by atoms with E-state index in [-0.39, 0.29) is 5.82 Å². The Labute approximate surface area is 774 Å². The molecule has 0 aliphatic heterocycles. The van der Waals surface area contributed by atoms with Crippen LogP contribution in [-0.4, -0.2) is 621 Å². The molecule has 0 bridgehead atoms. The van der Waals surface area contributed by atoms with Crippen LogP contribution in [0.25, 0.3) is 33.5 Å². The number of hydrogen-bond donors (Lipinski definition) is 0. The van der Waals surface area contributed by atoms with Crippen LogP contribution in [0.15, 0.2) is 89.5 Å². The molecule has 89 radical (unpaired) electrons. The zero-order valence-corrected chi connectivity index (χ0v) is 66.6. The van der Waals surface area contributed by atoms with E-state index in [0.717, 1.165) is 45.0 Å². The number of benzene rings is 3. The highest BCUT2D eigenvalue weighted by Gasteiger charge is 2.67. The molecule has 0 spiro atoms. The van der Waals surface area contributed by atoms with Gasteiger partial charge in [0.1, 0.15) is 5.82 Å². The molecule has 1 aromatic heterocycles. The molecule has 0 aliphatic carbocycles. The lowest BCUT2D eigenvalue weighted by Crippen LogP contribution is -3.00. The second-order valence-corrected chi connectivity index (χ2v) is 31.7. The van der Waals surface area contributed by atoms with Gasteiger partial charge in [0.15, 0.2) is 0 Å². The molecule has 4 aromatic rings. The Morgan fingerprint density at radius 3 is 0.658 bits per heavy atom. The summed E-state index contributed by atoms with van der Waals surface area (Å²) in [6.45, 7) is 2.05. The van der Waals surface area contributed by atoms with Crippen LogP contribution >= 0.6 is 15.9 Å². The first-order valence-corrected chi connectivity index (χ1v) is 38.2. The van der Waals surface area contributed by atoms with Crippen LogP contribution in [0.3, 0.4) is 0 Å². The van der Waals surface area contributed by atoms with Crippen LogP contribution < -0.4 is 0 Å². The molecule has 0 amide bonds. The summed E-state index contributed by atoms with van der Waals surface area (Å²) in [5.74, 6) is -0.230. The monoisotopic (exact) mass is 1370 g/mol. The van der Waals surface area contributed by atoms with Gasteiger partial charge < -0.3 is 0 Å². The molecule has 90 heteroatoms. The predicted octanol–water partition coefficient (Wildman–Crippen LogP) is -25.8. The third-order valence-corrected chi connectivity index (χ3v) is 23.8. The zero-order valence-electron chi connectivity index (χ0n) is 65.0. The normalized spacial score (nSPS) is 10.0. The molecule has 0 atom stereocenters. The molecule has 0 unspecified atom stereocenters. The van der Waals surface area contributed by atoms with Crippen molar-refractivity contribution in [1.82, 2.24) is 4.98 Å². The third-order valence-electron chi connectivity index (χ3n) is 23.1. The van der Waals surface area contributed by atoms with Crippen molar-refractivity contribution >= 4 is 632 Å². The highest BCUT2D eigenvalue weighted by molar-refractivity contribution is 9.10. The second kappa shape index (κ2) is 51.8. The average molecular weight is 1360 g/mol. The molecular weight excluding hydrogens is 1340 g/mol. The summed E-state index contributed by atoms with van der Waals surface area (Å²) in [6.07, 6.45) is -71.4. The van der Waals surface area contributed by atoms with Gasteiger partial charge in [-0.1, -0.05) is 70.5 Å². The molecule has 1 heterocycles. The average Bonchev–Trinajstić information content (AvgIpc) is 0.711. The van der Waals surface area contributed by atoms with E-state index in [9.17, 15) is 4.39 Å². The Hall–Kier alpha value is 2.87. The van der Waals surface area contributed by atoms with Crippen LogP contribution in [0, 0.1) is 12.7 Å². The molecule has 0 N–H and O–H groups in total. The third kappa shape index (κ3) is 29.5. The lowest BCUT2D eigenvalue weighted by Gasteiger charge is -2.62. The van der Waals surface area contributed by atoms with E-state index in [4.69, 9.17) is 340 Å². The summed E-state index contributed by atoms with van der Waals surface area (Å²) < 4.78 is 14.2. The maximum atomic E-state index is 13.2. The van der Waals surface area contributed by atoms with Gasteiger partial charge in [0, 0.05) is 637 Å². The maximum absolute atomic E-state index is 13.2. The standard InChI is InChI=1S/C24H17BrFN.B87/c1-16-14-24(27-15-22(16)18-10-12-20(26)13-11-18)19-8-6-17(7-9-19)21-4-2-3-5-23(21)25;1-45-67(44)78(66(42)43)84(79(68(46(2)3)47(4)5)69(48(6)7)49(8)9)87(85(80(70(50(10)11)51(12)13)71(52(14)15)53(16)17)81(72(54(18)19)55(20)21)73(56(22)23)57(24)25)86(82(74(58(26)27)59(28)29)75(60(30)31)61(32)33)83(76(62(34)35)63(36)37)77(64(38)39)65(40)41/h2-15H,1H3;. The van der Waals surface area contributed by atoms with E-state index in [1.807, 2.05) is 24.4 Å². The van der Waals surface area contributed by atoms with Gasteiger partial charge in [-0.15, -0.1) is 0 Å².